The molecule has 0 atom stereocenters. The summed E-state index contributed by atoms with van der Waals surface area (Å²) in [5.74, 6) is 0.232. The topological polar surface area (TPSA) is 17.1 Å². The quantitative estimate of drug-likeness (QED) is 0.717. The summed E-state index contributed by atoms with van der Waals surface area (Å²) in [5.41, 5.74) is 0.954. The Hall–Kier alpha value is 0.110. The summed E-state index contributed by atoms with van der Waals surface area (Å²) < 4.78 is 0.817. The standard InChI is InChI=1S/C10H12Br2O/c1-10(2)4-3-8(13)7(6-10)5-9(11)12/h5-6H,3-4H2,1-2H3. The van der Waals surface area contributed by atoms with Gasteiger partial charge in [-0.15, -0.1) is 0 Å². The van der Waals surface area contributed by atoms with Crippen molar-refractivity contribution in [2.45, 2.75) is 26.7 Å². The number of carbonyl (C=O) groups excluding carboxylic acids is 1. The van der Waals surface area contributed by atoms with Crippen LogP contribution in [-0.2, 0) is 4.79 Å². The van der Waals surface area contributed by atoms with Crippen LogP contribution < -0.4 is 0 Å². The smallest absolute Gasteiger partial charge is 0.162 e. The lowest BCUT2D eigenvalue weighted by molar-refractivity contribution is -0.116. The van der Waals surface area contributed by atoms with Gasteiger partial charge >= 0.3 is 0 Å². The highest BCUT2D eigenvalue weighted by Gasteiger charge is 2.24. The van der Waals surface area contributed by atoms with Crippen LogP contribution in [0.4, 0.5) is 0 Å². The first-order chi connectivity index (χ1) is 5.91. The Morgan fingerprint density at radius 2 is 2.15 bits per heavy atom. The molecule has 0 saturated carbocycles. The molecule has 1 rings (SSSR count). The highest BCUT2D eigenvalue weighted by molar-refractivity contribution is 9.28. The van der Waals surface area contributed by atoms with Gasteiger partial charge in [-0.2, -0.15) is 0 Å². The zero-order chi connectivity index (χ0) is 10.1. The number of halogens is 2. The molecule has 0 aromatic carbocycles. The molecule has 0 N–H and O–H groups in total. The Bertz CT molecular complexity index is 283. The SMILES string of the molecule is CC1(C)C=C(C=C(Br)Br)C(=O)CC1. The van der Waals surface area contributed by atoms with E-state index in [0.29, 0.717) is 6.42 Å². The predicted octanol–water partition coefficient (Wildman–Crippen LogP) is 3.93. The van der Waals surface area contributed by atoms with E-state index in [1.165, 1.54) is 0 Å². The third kappa shape index (κ3) is 3.39. The lowest BCUT2D eigenvalue weighted by Crippen LogP contribution is -2.18. The highest BCUT2D eigenvalue weighted by atomic mass is 79.9. The van der Waals surface area contributed by atoms with Crippen molar-refractivity contribution in [2.75, 3.05) is 0 Å². The maximum absolute atomic E-state index is 11.5. The van der Waals surface area contributed by atoms with E-state index in [4.69, 9.17) is 0 Å². The average molecular weight is 308 g/mol. The molecule has 3 heteroatoms. The third-order valence-electron chi connectivity index (χ3n) is 2.13. The van der Waals surface area contributed by atoms with Crippen molar-refractivity contribution in [3.63, 3.8) is 0 Å². The van der Waals surface area contributed by atoms with Crippen molar-refractivity contribution in [3.05, 3.63) is 21.1 Å². The predicted molar refractivity (Wildman–Crippen MR) is 62.0 cm³/mol. The van der Waals surface area contributed by atoms with Gasteiger partial charge in [-0.05, 0) is 49.8 Å². The van der Waals surface area contributed by atoms with Gasteiger partial charge in [-0.1, -0.05) is 19.9 Å². The first-order valence-electron chi connectivity index (χ1n) is 4.19. The number of allylic oxidation sites excluding steroid dienone is 3. The molecule has 0 fully saturated rings. The van der Waals surface area contributed by atoms with E-state index in [0.717, 1.165) is 15.4 Å². The van der Waals surface area contributed by atoms with E-state index >= 15 is 0 Å². The van der Waals surface area contributed by atoms with Crippen LogP contribution in [0.15, 0.2) is 21.1 Å². The molecule has 0 aliphatic heterocycles. The summed E-state index contributed by atoms with van der Waals surface area (Å²) in [7, 11) is 0. The summed E-state index contributed by atoms with van der Waals surface area (Å²) in [6.07, 6.45) is 5.47. The third-order valence-corrected chi connectivity index (χ3v) is 2.59. The number of ketones is 1. The van der Waals surface area contributed by atoms with Gasteiger partial charge in [0.05, 0.1) is 3.39 Å². The number of hydrogen-bond acceptors (Lipinski definition) is 1. The van der Waals surface area contributed by atoms with Crippen LogP contribution in [0.2, 0.25) is 0 Å². The minimum atomic E-state index is 0.148. The fourth-order valence-electron chi connectivity index (χ4n) is 1.39. The molecule has 0 aromatic rings. The molecule has 1 aliphatic rings. The van der Waals surface area contributed by atoms with Crippen molar-refractivity contribution < 1.29 is 4.79 Å². The fourth-order valence-corrected chi connectivity index (χ4v) is 1.89. The van der Waals surface area contributed by atoms with E-state index in [1.807, 2.05) is 12.2 Å². The number of rotatable bonds is 1. The minimum absolute atomic E-state index is 0.148. The summed E-state index contributed by atoms with van der Waals surface area (Å²) in [5, 5.41) is 0. The molecule has 0 amide bonds. The van der Waals surface area contributed by atoms with Crippen LogP contribution in [0.3, 0.4) is 0 Å². The molecule has 72 valence electrons. The lowest BCUT2D eigenvalue weighted by Gasteiger charge is -2.25. The van der Waals surface area contributed by atoms with E-state index in [1.54, 1.807) is 0 Å². The van der Waals surface area contributed by atoms with E-state index < -0.39 is 0 Å². The fraction of sp³-hybridized carbons (Fsp3) is 0.500. The molecular weight excluding hydrogens is 296 g/mol. The van der Waals surface area contributed by atoms with Gasteiger partial charge < -0.3 is 0 Å². The molecule has 0 unspecified atom stereocenters. The molecule has 0 heterocycles. The first kappa shape index (κ1) is 11.2. The van der Waals surface area contributed by atoms with Gasteiger partial charge in [0.25, 0.3) is 0 Å². The summed E-state index contributed by atoms with van der Waals surface area (Å²) in [6, 6.07) is 0. The zero-order valence-corrected chi connectivity index (χ0v) is 10.9. The summed E-state index contributed by atoms with van der Waals surface area (Å²) in [4.78, 5) is 11.5. The molecule has 0 saturated heterocycles. The second-order valence-electron chi connectivity index (χ2n) is 3.95. The lowest BCUT2D eigenvalue weighted by atomic mass is 9.79. The van der Waals surface area contributed by atoms with Crippen molar-refractivity contribution in [3.8, 4) is 0 Å². The second-order valence-corrected chi connectivity index (χ2v) is 6.72. The van der Waals surface area contributed by atoms with Crippen LogP contribution >= 0.6 is 31.9 Å². The summed E-state index contributed by atoms with van der Waals surface area (Å²) >= 11 is 6.52. The van der Waals surface area contributed by atoms with Gasteiger partial charge in [-0.25, -0.2) is 0 Å². The van der Waals surface area contributed by atoms with Gasteiger partial charge in [0.1, 0.15) is 0 Å². The molecule has 13 heavy (non-hydrogen) atoms. The molecule has 0 spiro atoms. The normalized spacial score (nSPS) is 20.9. The van der Waals surface area contributed by atoms with Gasteiger partial charge in [0.15, 0.2) is 5.78 Å². The number of Topliss-reactive ketones (excluding diaryl/α,β-unsaturated/α-hetero) is 1. The maximum atomic E-state index is 11.5. The minimum Gasteiger partial charge on any atom is -0.294 e. The van der Waals surface area contributed by atoms with Crippen molar-refractivity contribution >= 4 is 37.6 Å². The van der Waals surface area contributed by atoms with Crippen molar-refractivity contribution in [2.24, 2.45) is 5.41 Å². The molecule has 0 aromatic heterocycles. The Balaban J connectivity index is 2.98. The van der Waals surface area contributed by atoms with Crippen molar-refractivity contribution in [1.29, 1.82) is 0 Å². The van der Waals surface area contributed by atoms with Gasteiger partial charge in [-0.3, -0.25) is 4.79 Å². The van der Waals surface area contributed by atoms with Gasteiger partial charge in [0.2, 0.25) is 0 Å². The van der Waals surface area contributed by atoms with Gasteiger partial charge in [0, 0.05) is 12.0 Å². The average Bonchev–Trinajstić information content (AvgIpc) is 1.95. The van der Waals surface area contributed by atoms with Crippen LogP contribution in [0.5, 0.6) is 0 Å². The van der Waals surface area contributed by atoms with E-state index in [2.05, 4.69) is 45.7 Å². The zero-order valence-electron chi connectivity index (χ0n) is 7.73. The molecular formula is C10H12Br2O. The Morgan fingerprint density at radius 1 is 1.54 bits per heavy atom. The molecule has 1 aliphatic carbocycles. The maximum Gasteiger partial charge on any atom is 0.162 e. The van der Waals surface area contributed by atoms with Crippen LogP contribution in [-0.4, -0.2) is 5.78 Å². The molecule has 0 radical (unpaired) electrons. The van der Waals surface area contributed by atoms with Crippen LogP contribution in [0.25, 0.3) is 0 Å². The first-order valence-corrected chi connectivity index (χ1v) is 5.78. The van der Waals surface area contributed by atoms with Crippen molar-refractivity contribution in [1.82, 2.24) is 0 Å². The van der Waals surface area contributed by atoms with E-state index in [-0.39, 0.29) is 11.2 Å². The summed E-state index contributed by atoms with van der Waals surface area (Å²) in [6.45, 7) is 4.30. The Labute approximate surface area is 95.5 Å². The van der Waals surface area contributed by atoms with Crippen LogP contribution in [0, 0.1) is 5.41 Å². The second kappa shape index (κ2) is 4.09. The monoisotopic (exact) mass is 306 g/mol. The Kier molecular flexibility index (Phi) is 3.52. The van der Waals surface area contributed by atoms with Crippen LogP contribution in [0.1, 0.15) is 26.7 Å². The highest BCUT2D eigenvalue weighted by Crippen LogP contribution is 2.32. The Morgan fingerprint density at radius 3 is 2.69 bits per heavy atom. The molecule has 0 bridgehead atoms. The molecule has 1 nitrogen and oxygen atoms in total. The number of hydrogen-bond donors (Lipinski definition) is 0. The van der Waals surface area contributed by atoms with E-state index in [9.17, 15) is 4.79 Å². The number of carbonyl (C=O) groups is 1. The largest absolute Gasteiger partial charge is 0.294 e.